The van der Waals surface area contributed by atoms with E-state index in [0.717, 1.165) is 13.2 Å². The minimum Gasteiger partial charge on any atom is -0.371 e. The predicted octanol–water partition coefficient (Wildman–Crippen LogP) is 0.241. The number of nitrogens with zero attached hydrogens (tertiary/aromatic N) is 1. The van der Waals surface area contributed by atoms with Gasteiger partial charge in [-0.15, -0.1) is 11.6 Å². The van der Waals surface area contributed by atoms with Crippen LogP contribution in [0.3, 0.4) is 0 Å². The highest BCUT2D eigenvalue weighted by molar-refractivity contribution is 6.18. The standard InChI is InChI=1S/C9H14ClNO3/c10-2-1-9(12)11(3-7-5-13-7)4-8-6-14-8/h7-8H,1-6H2. The summed E-state index contributed by atoms with van der Waals surface area (Å²) < 4.78 is 10.2. The van der Waals surface area contributed by atoms with E-state index in [1.54, 1.807) is 4.90 Å². The Morgan fingerprint density at radius 2 is 1.79 bits per heavy atom. The highest BCUT2D eigenvalue weighted by atomic mass is 35.5. The van der Waals surface area contributed by atoms with Gasteiger partial charge in [0.1, 0.15) is 0 Å². The number of halogens is 1. The molecule has 5 heteroatoms. The minimum atomic E-state index is 0.103. The average Bonchev–Trinajstić information content (AvgIpc) is 2.97. The van der Waals surface area contributed by atoms with E-state index in [2.05, 4.69) is 0 Å². The largest absolute Gasteiger partial charge is 0.371 e. The van der Waals surface area contributed by atoms with Crippen LogP contribution in [0, 0.1) is 0 Å². The summed E-state index contributed by atoms with van der Waals surface area (Å²) in [5.74, 6) is 0.484. The summed E-state index contributed by atoms with van der Waals surface area (Å²) >= 11 is 5.53. The Kier molecular flexibility index (Phi) is 3.26. The Balaban J connectivity index is 1.78. The number of ether oxygens (including phenoxy) is 2. The lowest BCUT2D eigenvalue weighted by Crippen LogP contribution is -2.37. The number of hydrogen-bond acceptors (Lipinski definition) is 3. The third kappa shape index (κ3) is 3.12. The van der Waals surface area contributed by atoms with Crippen molar-refractivity contribution in [2.45, 2.75) is 18.6 Å². The van der Waals surface area contributed by atoms with Gasteiger partial charge in [-0.2, -0.15) is 0 Å². The van der Waals surface area contributed by atoms with E-state index in [-0.39, 0.29) is 18.1 Å². The maximum absolute atomic E-state index is 11.6. The summed E-state index contributed by atoms with van der Waals surface area (Å²) in [5.41, 5.74) is 0. The molecular formula is C9H14ClNO3. The summed E-state index contributed by atoms with van der Waals surface area (Å²) in [5, 5.41) is 0. The zero-order valence-corrected chi connectivity index (χ0v) is 8.70. The second-order valence-corrected chi connectivity index (χ2v) is 4.03. The molecule has 0 N–H and O–H groups in total. The molecule has 14 heavy (non-hydrogen) atoms. The van der Waals surface area contributed by atoms with Gasteiger partial charge in [-0.1, -0.05) is 0 Å². The molecule has 4 nitrogen and oxygen atoms in total. The quantitative estimate of drug-likeness (QED) is 0.475. The van der Waals surface area contributed by atoms with Gasteiger partial charge < -0.3 is 14.4 Å². The van der Waals surface area contributed by atoms with Crippen LogP contribution in [0.1, 0.15) is 6.42 Å². The highest BCUT2D eigenvalue weighted by Gasteiger charge is 2.32. The van der Waals surface area contributed by atoms with Crippen molar-refractivity contribution in [3.63, 3.8) is 0 Å². The van der Waals surface area contributed by atoms with Gasteiger partial charge in [-0.05, 0) is 0 Å². The fourth-order valence-corrected chi connectivity index (χ4v) is 1.52. The molecule has 2 fully saturated rings. The van der Waals surface area contributed by atoms with Crippen molar-refractivity contribution in [1.29, 1.82) is 0 Å². The molecule has 80 valence electrons. The van der Waals surface area contributed by atoms with Gasteiger partial charge >= 0.3 is 0 Å². The number of amides is 1. The molecule has 2 aliphatic rings. The van der Waals surface area contributed by atoms with Gasteiger partial charge in [0.2, 0.25) is 5.91 Å². The van der Waals surface area contributed by atoms with Crippen LogP contribution in [0.5, 0.6) is 0 Å². The van der Waals surface area contributed by atoms with E-state index in [1.165, 1.54) is 0 Å². The average molecular weight is 220 g/mol. The Hall–Kier alpha value is -0.320. The fraction of sp³-hybridized carbons (Fsp3) is 0.889. The maximum atomic E-state index is 11.6. The van der Waals surface area contributed by atoms with Gasteiger partial charge in [0.25, 0.3) is 0 Å². The van der Waals surface area contributed by atoms with E-state index < -0.39 is 0 Å². The smallest absolute Gasteiger partial charge is 0.223 e. The predicted molar refractivity (Wildman–Crippen MR) is 51.4 cm³/mol. The molecule has 0 aromatic rings. The van der Waals surface area contributed by atoms with Gasteiger partial charge in [0, 0.05) is 25.4 Å². The van der Waals surface area contributed by atoms with Crippen molar-refractivity contribution in [2.75, 3.05) is 32.2 Å². The van der Waals surface area contributed by atoms with Crippen LogP contribution < -0.4 is 0 Å². The molecule has 0 radical (unpaired) electrons. The van der Waals surface area contributed by atoms with Crippen LogP contribution in [-0.4, -0.2) is 55.2 Å². The Morgan fingerprint density at radius 3 is 2.14 bits per heavy atom. The van der Waals surface area contributed by atoms with Crippen LogP contribution in [0.15, 0.2) is 0 Å². The molecule has 2 atom stereocenters. The molecular weight excluding hydrogens is 206 g/mol. The SMILES string of the molecule is O=C(CCCl)N(CC1CO1)CC1CO1. The molecule has 2 aliphatic heterocycles. The molecule has 2 rings (SSSR count). The lowest BCUT2D eigenvalue weighted by Gasteiger charge is -2.20. The molecule has 1 amide bonds. The van der Waals surface area contributed by atoms with Crippen LogP contribution in [-0.2, 0) is 14.3 Å². The molecule has 2 heterocycles. The molecule has 0 bridgehead atoms. The Labute approximate surface area is 88.1 Å². The molecule has 2 unspecified atom stereocenters. The van der Waals surface area contributed by atoms with Gasteiger partial charge in [0.05, 0.1) is 25.4 Å². The maximum Gasteiger partial charge on any atom is 0.223 e. The molecule has 0 aromatic carbocycles. The lowest BCUT2D eigenvalue weighted by atomic mass is 10.3. The number of hydrogen-bond donors (Lipinski definition) is 0. The number of rotatable bonds is 6. The van der Waals surface area contributed by atoms with Crippen LogP contribution in [0.2, 0.25) is 0 Å². The second kappa shape index (κ2) is 4.47. The van der Waals surface area contributed by atoms with Crippen LogP contribution in [0.4, 0.5) is 0 Å². The summed E-state index contributed by atoms with van der Waals surface area (Å²) in [6.07, 6.45) is 0.891. The van der Waals surface area contributed by atoms with Crippen molar-refractivity contribution in [3.8, 4) is 0 Å². The highest BCUT2D eigenvalue weighted by Crippen LogP contribution is 2.16. The van der Waals surface area contributed by atoms with E-state index in [0.29, 0.717) is 25.4 Å². The summed E-state index contributed by atoms with van der Waals surface area (Å²) in [6, 6.07) is 0. The minimum absolute atomic E-state index is 0.103. The molecule has 0 saturated carbocycles. The number of alkyl halides is 1. The van der Waals surface area contributed by atoms with E-state index >= 15 is 0 Å². The first-order valence-electron chi connectivity index (χ1n) is 4.86. The zero-order valence-electron chi connectivity index (χ0n) is 7.95. The van der Waals surface area contributed by atoms with Crippen molar-refractivity contribution < 1.29 is 14.3 Å². The third-order valence-corrected chi connectivity index (χ3v) is 2.50. The Bertz CT molecular complexity index is 202. The zero-order chi connectivity index (χ0) is 9.97. The lowest BCUT2D eigenvalue weighted by molar-refractivity contribution is -0.131. The number of carbonyl (C=O) groups is 1. The van der Waals surface area contributed by atoms with Crippen LogP contribution >= 0.6 is 11.6 Å². The van der Waals surface area contributed by atoms with Crippen molar-refractivity contribution in [2.24, 2.45) is 0 Å². The normalized spacial score (nSPS) is 28.6. The first kappa shape index (κ1) is 10.2. The fourth-order valence-electron chi connectivity index (χ4n) is 1.36. The summed E-state index contributed by atoms with van der Waals surface area (Å²) in [7, 11) is 0. The second-order valence-electron chi connectivity index (χ2n) is 3.65. The Morgan fingerprint density at radius 1 is 1.29 bits per heavy atom. The first-order chi connectivity index (χ1) is 6.79. The first-order valence-corrected chi connectivity index (χ1v) is 5.40. The summed E-state index contributed by atoms with van der Waals surface area (Å²) in [4.78, 5) is 13.4. The molecule has 0 aliphatic carbocycles. The topological polar surface area (TPSA) is 45.4 Å². The summed E-state index contributed by atoms with van der Waals surface area (Å²) in [6.45, 7) is 2.93. The van der Waals surface area contributed by atoms with Crippen molar-refractivity contribution in [3.05, 3.63) is 0 Å². The molecule has 2 saturated heterocycles. The van der Waals surface area contributed by atoms with Gasteiger partial charge in [-0.25, -0.2) is 0 Å². The third-order valence-electron chi connectivity index (χ3n) is 2.31. The molecule has 0 spiro atoms. The van der Waals surface area contributed by atoms with E-state index in [9.17, 15) is 4.79 Å². The van der Waals surface area contributed by atoms with E-state index in [4.69, 9.17) is 21.1 Å². The van der Waals surface area contributed by atoms with Crippen molar-refractivity contribution >= 4 is 17.5 Å². The monoisotopic (exact) mass is 219 g/mol. The van der Waals surface area contributed by atoms with Gasteiger partial charge in [0.15, 0.2) is 0 Å². The molecule has 0 aromatic heterocycles. The van der Waals surface area contributed by atoms with Crippen LogP contribution in [0.25, 0.3) is 0 Å². The van der Waals surface area contributed by atoms with Gasteiger partial charge in [-0.3, -0.25) is 4.79 Å². The van der Waals surface area contributed by atoms with Crippen molar-refractivity contribution in [1.82, 2.24) is 4.90 Å². The number of carbonyl (C=O) groups excluding carboxylic acids is 1. The van der Waals surface area contributed by atoms with E-state index in [1.807, 2.05) is 0 Å². The number of epoxide rings is 2.